The minimum absolute atomic E-state index is 0.422. The van der Waals surface area contributed by atoms with Gasteiger partial charge in [-0.2, -0.15) is 0 Å². The fraction of sp³-hybridized carbons (Fsp3) is 0.600. The molecular weight excluding hydrogens is 272 g/mol. The first-order valence-electron chi connectivity index (χ1n) is 8.47. The molecule has 2 heterocycles. The number of rotatable bonds is 7. The van der Waals surface area contributed by atoms with E-state index in [1.54, 1.807) is 0 Å². The summed E-state index contributed by atoms with van der Waals surface area (Å²) in [5.74, 6) is 12.0. The van der Waals surface area contributed by atoms with Crippen molar-refractivity contribution in [1.29, 1.82) is 0 Å². The molecule has 1 fully saturated rings. The van der Waals surface area contributed by atoms with Gasteiger partial charge in [-0.05, 0) is 62.7 Å². The summed E-state index contributed by atoms with van der Waals surface area (Å²) in [7, 11) is 0. The van der Waals surface area contributed by atoms with Crippen LogP contribution in [0.15, 0.2) is 24.0 Å². The predicted molar refractivity (Wildman–Crippen MR) is 89.8 cm³/mol. The topological polar surface area (TPSA) is 18.5 Å². The molecule has 2 rings (SSSR count). The van der Waals surface area contributed by atoms with Crippen LogP contribution in [0.3, 0.4) is 0 Å². The predicted octanol–water partition coefficient (Wildman–Crippen LogP) is 4.72. The average molecular weight is 298 g/mol. The molecule has 0 aliphatic carbocycles. The van der Waals surface area contributed by atoms with Gasteiger partial charge in [0.25, 0.3) is 0 Å². The molecule has 22 heavy (non-hydrogen) atoms. The largest absolute Gasteiger partial charge is 0.459 e. The van der Waals surface area contributed by atoms with Gasteiger partial charge in [-0.3, -0.25) is 0 Å². The van der Waals surface area contributed by atoms with Gasteiger partial charge in [0, 0.05) is 12.8 Å². The van der Waals surface area contributed by atoms with Crippen molar-refractivity contribution in [3.05, 3.63) is 24.0 Å². The molecule has 1 spiro atoms. The average Bonchev–Trinajstić information content (AvgIpc) is 3.15. The molecule has 1 unspecified atom stereocenters. The van der Waals surface area contributed by atoms with Gasteiger partial charge in [0.2, 0.25) is 5.79 Å². The van der Waals surface area contributed by atoms with Crippen molar-refractivity contribution in [2.75, 3.05) is 6.61 Å². The van der Waals surface area contributed by atoms with E-state index in [1.807, 2.05) is 6.92 Å². The van der Waals surface area contributed by atoms with Gasteiger partial charge in [-0.25, -0.2) is 0 Å². The molecule has 0 aromatic rings. The molecule has 1 atom stereocenters. The first-order valence-corrected chi connectivity index (χ1v) is 8.47. The van der Waals surface area contributed by atoms with Crippen LogP contribution in [0.2, 0.25) is 0 Å². The molecule has 0 radical (unpaired) electrons. The van der Waals surface area contributed by atoms with Crippen LogP contribution in [0, 0.1) is 23.7 Å². The zero-order chi connectivity index (χ0) is 15.5. The fourth-order valence-corrected chi connectivity index (χ4v) is 2.74. The summed E-state index contributed by atoms with van der Waals surface area (Å²) in [5.41, 5.74) is 0. The summed E-state index contributed by atoms with van der Waals surface area (Å²) in [5, 5.41) is 0. The summed E-state index contributed by atoms with van der Waals surface area (Å²) in [6, 6.07) is 0. The zero-order valence-electron chi connectivity index (χ0n) is 13.6. The van der Waals surface area contributed by atoms with Crippen molar-refractivity contribution in [1.82, 2.24) is 0 Å². The van der Waals surface area contributed by atoms with Crippen LogP contribution in [-0.4, -0.2) is 12.4 Å². The minimum Gasteiger partial charge on any atom is -0.459 e. The van der Waals surface area contributed by atoms with Crippen LogP contribution in [-0.2, 0) is 9.47 Å². The number of unbranched alkanes of at least 4 members (excludes halogenated alkanes) is 6. The second-order valence-electron chi connectivity index (χ2n) is 5.79. The molecule has 2 aliphatic rings. The van der Waals surface area contributed by atoms with Crippen molar-refractivity contribution in [2.24, 2.45) is 0 Å². The molecule has 0 amide bonds. The number of ether oxygens (including phenoxy) is 2. The highest BCUT2D eigenvalue weighted by Crippen LogP contribution is 2.35. The number of hydrogen-bond acceptors (Lipinski definition) is 2. The minimum atomic E-state index is -0.422. The van der Waals surface area contributed by atoms with Crippen LogP contribution >= 0.6 is 0 Å². The zero-order valence-corrected chi connectivity index (χ0v) is 13.6. The second-order valence-corrected chi connectivity index (χ2v) is 5.79. The Labute approximate surface area is 135 Å². The van der Waals surface area contributed by atoms with E-state index < -0.39 is 5.79 Å². The van der Waals surface area contributed by atoms with Crippen LogP contribution < -0.4 is 0 Å². The summed E-state index contributed by atoms with van der Waals surface area (Å²) >= 11 is 0. The van der Waals surface area contributed by atoms with E-state index in [1.165, 1.54) is 32.1 Å². The molecule has 2 nitrogen and oxygen atoms in total. The lowest BCUT2D eigenvalue weighted by Crippen LogP contribution is -2.24. The highest BCUT2D eigenvalue weighted by molar-refractivity contribution is 5.24. The lowest BCUT2D eigenvalue weighted by Gasteiger charge is -2.20. The first-order chi connectivity index (χ1) is 10.8. The monoisotopic (exact) mass is 298 g/mol. The van der Waals surface area contributed by atoms with Crippen LogP contribution in [0.4, 0.5) is 0 Å². The third-order valence-corrected chi connectivity index (χ3v) is 3.94. The number of allylic oxidation sites excluding steroid dienone is 2. The lowest BCUT2D eigenvalue weighted by atomic mass is 10.1. The van der Waals surface area contributed by atoms with Gasteiger partial charge in [0.1, 0.15) is 5.76 Å². The normalized spacial score (nSPS) is 24.0. The molecule has 118 valence electrons. The molecule has 0 aromatic heterocycles. The van der Waals surface area contributed by atoms with Crippen LogP contribution in [0.5, 0.6) is 0 Å². The maximum atomic E-state index is 5.90. The summed E-state index contributed by atoms with van der Waals surface area (Å²) < 4.78 is 11.6. The van der Waals surface area contributed by atoms with E-state index in [2.05, 4.69) is 41.9 Å². The Hall–Kier alpha value is -1.64. The van der Waals surface area contributed by atoms with E-state index >= 15 is 0 Å². The maximum Gasteiger partial charge on any atom is 0.230 e. The van der Waals surface area contributed by atoms with Crippen molar-refractivity contribution in [2.45, 2.75) is 70.5 Å². The highest BCUT2D eigenvalue weighted by Gasteiger charge is 2.38. The SMILES string of the molecule is CC#CC#CCCCCCCC/C=C1/C=CC2(CCCO2)O1. The summed E-state index contributed by atoms with van der Waals surface area (Å²) in [6.07, 6.45) is 16.7. The van der Waals surface area contributed by atoms with E-state index in [0.29, 0.717) is 0 Å². The van der Waals surface area contributed by atoms with Gasteiger partial charge in [0.05, 0.1) is 6.61 Å². The fourth-order valence-electron chi connectivity index (χ4n) is 2.74. The van der Waals surface area contributed by atoms with Crippen molar-refractivity contribution < 1.29 is 9.47 Å². The Bertz CT molecular complexity index is 513. The quantitative estimate of drug-likeness (QED) is 0.500. The Morgan fingerprint density at radius 2 is 2.05 bits per heavy atom. The van der Waals surface area contributed by atoms with Gasteiger partial charge in [-0.15, -0.1) is 0 Å². The smallest absolute Gasteiger partial charge is 0.230 e. The van der Waals surface area contributed by atoms with Gasteiger partial charge >= 0.3 is 0 Å². The van der Waals surface area contributed by atoms with Gasteiger partial charge < -0.3 is 9.47 Å². The molecule has 0 bridgehead atoms. The van der Waals surface area contributed by atoms with Crippen molar-refractivity contribution in [3.8, 4) is 23.7 Å². The van der Waals surface area contributed by atoms with Crippen LogP contribution in [0.1, 0.15) is 64.7 Å². The van der Waals surface area contributed by atoms with Crippen molar-refractivity contribution >= 4 is 0 Å². The lowest BCUT2D eigenvalue weighted by molar-refractivity contribution is -0.136. The Morgan fingerprint density at radius 1 is 1.18 bits per heavy atom. The van der Waals surface area contributed by atoms with Gasteiger partial charge in [0.15, 0.2) is 0 Å². The standard InChI is InChI=1S/C20H26O2/c1-2-3-4-5-6-7-8-9-10-11-12-14-19-15-17-20(22-19)16-13-18-21-20/h14-15,17H,6-13,16,18H2,1H3/b19-14-. The number of hydrogen-bond donors (Lipinski definition) is 0. The second kappa shape index (κ2) is 9.39. The van der Waals surface area contributed by atoms with Gasteiger partial charge in [-0.1, -0.05) is 31.1 Å². The summed E-state index contributed by atoms with van der Waals surface area (Å²) in [6.45, 7) is 2.63. The molecule has 2 aliphatic heterocycles. The third-order valence-electron chi connectivity index (χ3n) is 3.94. The van der Waals surface area contributed by atoms with Crippen LogP contribution in [0.25, 0.3) is 0 Å². The Morgan fingerprint density at radius 3 is 2.86 bits per heavy atom. The molecular formula is C20H26O2. The molecule has 0 aromatic carbocycles. The van der Waals surface area contributed by atoms with Crippen molar-refractivity contribution in [3.63, 3.8) is 0 Å². The Balaban J connectivity index is 1.48. The maximum absolute atomic E-state index is 5.90. The molecule has 2 heteroatoms. The Kier molecular flexibility index (Phi) is 7.14. The third kappa shape index (κ3) is 5.63. The van der Waals surface area contributed by atoms with E-state index in [4.69, 9.17) is 9.47 Å². The van der Waals surface area contributed by atoms with E-state index in [9.17, 15) is 0 Å². The molecule has 1 saturated heterocycles. The summed E-state index contributed by atoms with van der Waals surface area (Å²) in [4.78, 5) is 0. The molecule has 0 N–H and O–H groups in total. The first kappa shape index (κ1) is 16.7. The van der Waals surface area contributed by atoms with E-state index in [-0.39, 0.29) is 0 Å². The molecule has 0 saturated carbocycles. The highest BCUT2D eigenvalue weighted by atomic mass is 16.7. The van der Waals surface area contributed by atoms with E-state index in [0.717, 1.165) is 38.0 Å².